The molecule has 1 saturated carbocycles. The highest BCUT2D eigenvalue weighted by atomic mass is 32.2. The highest BCUT2D eigenvalue weighted by Crippen LogP contribution is 2.40. The van der Waals surface area contributed by atoms with Gasteiger partial charge in [-0.1, -0.05) is 0 Å². The summed E-state index contributed by atoms with van der Waals surface area (Å²) >= 11 is 1.36. The third-order valence-corrected chi connectivity index (χ3v) is 6.83. The van der Waals surface area contributed by atoms with E-state index in [1.54, 1.807) is 6.07 Å². The van der Waals surface area contributed by atoms with Crippen LogP contribution >= 0.6 is 11.3 Å². The Hall–Kier alpha value is -0.430. The zero-order valence-corrected chi connectivity index (χ0v) is 13.3. The summed E-state index contributed by atoms with van der Waals surface area (Å²) in [6, 6.07) is 3.61. The Morgan fingerprint density at radius 2 is 2.05 bits per heavy atom. The summed E-state index contributed by atoms with van der Waals surface area (Å²) < 4.78 is 28.0. The lowest BCUT2D eigenvalue weighted by Crippen LogP contribution is -2.44. The van der Waals surface area contributed by atoms with E-state index < -0.39 is 10.0 Å². The molecule has 1 heterocycles. The molecule has 0 unspecified atom stereocenters. The second-order valence-corrected chi connectivity index (χ2v) is 8.75. The molecule has 0 aromatic carbocycles. The third kappa shape index (κ3) is 3.78. The molecule has 1 aromatic rings. The van der Waals surface area contributed by atoms with Crippen molar-refractivity contribution in [1.82, 2.24) is 10.0 Å². The van der Waals surface area contributed by atoms with Crippen LogP contribution < -0.4 is 10.0 Å². The summed E-state index contributed by atoms with van der Waals surface area (Å²) in [6.07, 6.45) is 3.10. The average molecular weight is 302 g/mol. The highest BCUT2D eigenvalue weighted by Gasteiger charge is 2.40. The molecule has 0 saturated heterocycles. The van der Waals surface area contributed by atoms with Crippen LogP contribution in [0.5, 0.6) is 0 Å². The standard InChI is InChI=1S/C13H22N2O2S2/c1-13(2,10-4-5-10)15-19(16,17)12-7-6-11(18-12)8-9-14-3/h6-7,10,14-15H,4-5,8-9H2,1-3H3. The van der Waals surface area contributed by atoms with Crippen LogP contribution in [0.4, 0.5) is 0 Å². The van der Waals surface area contributed by atoms with E-state index in [0.29, 0.717) is 10.1 Å². The van der Waals surface area contributed by atoms with Gasteiger partial charge >= 0.3 is 0 Å². The predicted octanol–water partition coefficient (Wildman–Crippen LogP) is 1.98. The maximum Gasteiger partial charge on any atom is 0.250 e. The molecule has 0 amide bonds. The number of hydrogen-bond acceptors (Lipinski definition) is 4. The fourth-order valence-corrected chi connectivity index (χ4v) is 5.00. The maximum absolute atomic E-state index is 12.4. The second kappa shape index (κ2) is 5.52. The van der Waals surface area contributed by atoms with Gasteiger partial charge in [0.25, 0.3) is 10.0 Å². The summed E-state index contributed by atoms with van der Waals surface area (Å²) in [5.74, 6) is 0.478. The van der Waals surface area contributed by atoms with Gasteiger partial charge in [0.05, 0.1) is 0 Å². The molecule has 0 aliphatic heterocycles. The lowest BCUT2D eigenvalue weighted by atomic mass is 10.0. The van der Waals surface area contributed by atoms with Crippen molar-refractivity contribution < 1.29 is 8.42 Å². The summed E-state index contributed by atoms with van der Waals surface area (Å²) in [4.78, 5) is 1.10. The van der Waals surface area contributed by atoms with Crippen molar-refractivity contribution in [2.75, 3.05) is 13.6 Å². The molecule has 1 aliphatic carbocycles. The van der Waals surface area contributed by atoms with Gasteiger partial charge < -0.3 is 5.32 Å². The molecule has 0 spiro atoms. The number of thiophene rings is 1. The first-order valence-corrected chi connectivity index (χ1v) is 8.92. The number of rotatable bonds is 7. The maximum atomic E-state index is 12.4. The average Bonchev–Trinajstić information content (AvgIpc) is 3.05. The number of sulfonamides is 1. The van der Waals surface area contributed by atoms with Crippen LogP contribution in [0.15, 0.2) is 16.3 Å². The van der Waals surface area contributed by atoms with E-state index in [2.05, 4.69) is 10.0 Å². The summed E-state index contributed by atoms with van der Waals surface area (Å²) in [5.41, 5.74) is -0.339. The van der Waals surface area contributed by atoms with Gasteiger partial charge in [0.1, 0.15) is 4.21 Å². The molecule has 0 atom stereocenters. The van der Waals surface area contributed by atoms with Gasteiger partial charge in [-0.25, -0.2) is 13.1 Å². The van der Waals surface area contributed by atoms with Crippen LogP contribution in [0.2, 0.25) is 0 Å². The van der Waals surface area contributed by atoms with Crippen LogP contribution in [-0.2, 0) is 16.4 Å². The van der Waals surface area contributed by atoms with Crippen molar-refractivity contribution in [3.05, 3.63) is 17.0 Å². The first kappa shape index (κ1) is 15.0. The number of nitrogens with one attached hydrogen (secondary N) is 2. The quantitative estimate of drug-likeness (QED) is 0.810. The minimum atomic E-state index is -3.38. The largest absolute Gasteiger partial charge is 0.319 e. The fourth-order valence-electron chi connectivity index (χ4n) is 2.17. The van der Waals surface area contributed by atoms with E-state index in [4.69, 9.17) is 0 Å². The Kier molecular flexibility index (Phi) is 4.35. The number of likely N-dealkylation sites (N-methyl/N-ethyl adjacent to an activating group) is 1. The monoisotopic (exact) mass is 302 g/mol. The molecular formula is C13H22N2O2S2. The SMILES string of the molecule is CNCCc1ccc(S(=O)(=O)NC(C)(C)C2CC2)s1. The van der Waals surface area contributed by atoms with Crippen molar-refractivity contribution in [2.45, 2.75) is 42.9 Å². The molecule has 0 bridgehead atoms. The van der Waals surface area contributed by atoms with Crippen molar-refractivity contribution in [1.29, 1.82) is 0 Å². The van der Waals surface area contributed by atoms with Gasteiger partial charge in [0.2, 0.25) is 0 Å². The van der Waals surface area contributed by atoms with Crippen LogP contribution in [0.1, 0.15) is 31.6 Å². The van der Waals surface area contributed by atoms with Gasteiger partial charge in [0.15, 0.2) is 0 Å². The lowest BCUT2D eigenvalue weighted by Gasteiger charge is -2.25. The van der Waals surface area contributed by atoms with Crippen LogP contribution in [-0.4, -0.2) is 27.5 Å². The van der Waals surface area contributed by atoms with E-state index in [1.807, 2.05) is 27.0 Å². The van der Waals surface area contributed by atoms with E-state index in [9.17, 15) is 8.42 Å². The fraction of sp³-hybridized carbons (Fsp3) is 0.692. The van der Waals surface area contributed by atoms with Crippen molar-refractivity contribution >= 4 is 21.4 Å². The molecule has 19 heavy (non-hydrogen) atoms. The molecule has 1 aliphatic rings. The van der Waals surface area contributed by atoms with Crippen molar-refractivity contribution in [2.24, 2.45) is 5.92 Å². The predicted molar refractivity (Wildman–Crippen MR) is 79.1 cm³/mol. The topological polar surface area (TPSA) is 58.2 Å². The molecule has 1 fully saturated rings. The molecule has 4 nitrogen and oxygen atoms in total. The van der Waals surface area contributed by atoms with Gasteiger partial charge in [0, 0.05) is 10.4 Å². The van der Waals surface area contributed by atoms with Crippen LogP contribution in [0.3, 0.4) is 0 Å². The van der Waals surface area contributed by atoms with Gasteiger partial charge in [-0.05, 0) is 64.8 Å². The van der Waals surface area contributed by atoms with E-state index >= 15 is 0 Å². The minimum Gasteiger partial charge on any atom is -0.319 e. The molecule has 108 valence electrons. The van der Waals surface area contributed by atoms with Gasteiger partial charge in [-0.3, -0.25) is 0 Å². The van der Waals surface area contributed by atoms with Crippen molar-refractivity contribution in [3.63, 3.8) is 0 Å². The van der Waals surface area contributed by atoms with E-state index in [1.165, 1.54) is 11.3 Å². The van der Waals surface area contributed by atoms with Crippen LogP contribution in [0.25, 0.3) is 0 Å². The molecule has 1 aromatic heterocycles. The van der Waals surface area contributed by atoms with E-state index in [0.717, 1.165) is 30.7 Å². The Labute approximate surface area is 119 Å². The molecule has 2 N–H and O–H groups in total. The normalized spacial score (nSPS) is 16.8. The van der Waals surface area contributed by atoms with E-state index in [-0.39, 0.29) is 5.54 Å². The molecule has 6 heteroatoms. The molecule has 2 rings (SSSR count). The summed E-state index contributed by atoms with van der Waals surface area (Å²) in [6.45, 7) is 4.80. The molecular weight excluding hydrogens is 280 g/mol. The highest BCUT2D eigenvalue weighted by molar-refractivity contribution is 7.91. The Morgan fingerprint density at radius 3 is 2.63 bits per heavy atom. The minimum absolute atomic E-state index is 0.339. The first-order valence-electron chi connectivity index (χ1n) is 6.62. The summed E-state index contributed by atoms with van der Waals surface area (Å²) in [5, 5.41) is 3.07. The second-order valence-electron chi connectivity index (χ2n) is 5.68. The Morgan fingerprint density at radius 1 is 1.37 bits per heavy atom. The first-order chi connectivity index (χ1) is 8.85. The zero-order valence-electron chi connectivity index (χ0n) is 11.7. The lowest BCUT2D eigenvalue weighted by molar-refractivity contribution is 0.401. The Bertz CT molecular complexity index is 531. The number of hydrogen-bond donors (Lipinski definition) is 2. The van der Waals surface area contributed by atoms with Gasteiger partial charge in [-0.15, -0.1) is 11.3 Å². The Balaban J connectivity index is 2.08. The van der Waals surface area contributed by atoms with Crippen LogP contribution in [0, 0.1) is 5.92 Å². The van der Waals surface area contributed by atoms with Crippen molar-refractivity contribution in [3.8, 4) is 0 Å². The smallest absolute Gasteiger partial charge is 0.250 e. The third-order valence-electron chi connectivity index (χ3n) is 3.52. The molecule has 0 radical (unpaired) electrons. The summed E-state index contributed by atoms with van der Waals surface area (Å²) in [7, 11) is -1.49. The zero-order chi connectivity index (χ0) is 14.1. The van der Waals surface area contributed by atoms with Gasteiger partial charge in [-0.2, -0.15) is 0 Å².